The fraction of sp³-hybridized carbons (Fsp3) is 0. The Kier molecular flexibility index (Phi) is 2.57. The Bertz CT molecular complexity index is 609. The number of nitrogens with zero attached hydrogens (tertiary/aromatic N) is 1. The lowest BCUT2D eigenvalue weighted by molar-refractivity contribution is 0.0722. The average Bonchev–Trinajstić information content (AvgIpc) is 2.98. The van der Waals surface area contributed by atoms with E-state index in [1.807, 2.05) is 17.5 Å². The van der Waals surface area contributed by atoms with Crippen LogP contribution in [0, 0.1) is 0 Å². The second-order valence-corrected chi connectivity index (χ2v) is 4.84. The van der Waals surface area contributed by atoms with Crippen LogP contribution in [0.25, 0.3) is 6.08 Å². The smallest absolute Gasteiger partial charge is 0.265 e. The van der Waals surface area contributed by atoms with Crippen molar-refractivity contribution >= 4 is 29.2 Å². The Morgan fingerprint density at radius 2 is 1.61 bits per heavy atom. The van der Waals surface area contributed by atoms with Crippen LogP contribution >= 0.6 is 11.3 Å². The van der Waals surface area contributed by atoms with E-state index in [-0.39, 0.29) is 11.8 Å². The Balaban J connectivity index is 1.93. The SMILES string of the molecule is O=C1c2ccccc2C(=O)N1/C=C/c1cccs1. The lowest BCUT2D eigenvalue weighted by Crippen LogP contribution is -2.23. The summed E-state index contributed by atoms with van der Waals surface area (Å²) in [7, 11) is 0. The average molecular weight is 255 g/mol. The standard InChI is InChI=1S/C14H9NO2S/c16-13-11-5-1-2-6-12(11)14(17)15(13)8-7-10-4-3-9-18-10/h1-9H/b8-7+. The predicted molar refractivity (Wildman–Crippen MR) is 70.3 cm³/mol. The van der Waals surface area contributed by atoms with E-state index >= 15 is 0 Å². The van der Waals surface area contributed by atoms with Gasteiger partial charge >= 0.3 is 0 Å². The summed E-state index contributed by atoms with van der Waals surface area (Å²) in [4.78, 5) is 26.2. The molecule has 0 bridgehead atoms. The van der Waals surface area contributed by atoms with Gasteiger partial charge in [0.15, 0.2) is 0 Å². The third-order valence-electron chi connectivity index (χ3n) is 2.76. The minimum Gasteiger partial charge on any atom is -0.268 e. The van der Waals surface area contributed by atoms with Gasteiger partial charge in [-0.1, -0.05) is 18.2 Å². The molecule has 2 amide bonds. The molecule has 2 heterocycles. The van der Waals surface area contributed by atoms with Gasteiger partial charge in [-0.3, -0.25) is 9.59 Å². The van der Waals surface area contributed by atoms with Gasteiger partial charge in [0.25, 0.3) is 11.8 Å². The van der Waals surface area contributed by atoms with Gasteiger partial charge < -0.3 is 0 Å². The minimum absolute atomic E-state index is 0.261. The normalized spacial score (nSPS) is 14.6. The lowest BCUT2D eigenvalue weighted by Gasteiger charge is -2.06. The fourth-order valence-corrected chi connectivity index (χ4v) is 2.49. The van der Waals surface area contributed by atoms with Crippen molar-refractivity contribution in [3.63, 3.8) is 0 Å². The summed E-state index contributed by atoms with van der Waals surface area (Å²) in [5.74, 6) is -0.521. The molecule has 1 aromatic carbocycles. The quantitative estimate of drug-likeness (QED) is 0.773. The van der Waals surface area contributed by atoms with E-state index in [1.54, 1.807) is 41.7 Å². The van der Waals surface area contributed by atoms with Crippen LogP contribution in [-0.4, -0.2) is 16.7 Å². The van der Waals surface area contributed by atoms with Crippen molar-refractivity contribution in [2.45, 2.75) is 0 Å². The highest BCUT2D eigenvalue weighted by Crippen LogP contribution is 2.23. The number of amides is 2. The largest absolute Gasteiger partial charge is 0.268 e. The second kappa shape index (κ2) is 4.23. The number of imide groups is 1. The lowest BCUT2D eigenvalue weighted by atomic mass is 10.1. The van der Waals surface area contributed by atoms with Gasteiger partial charge in [0.1, 0.15) is 0 Å². The number of hydrogen-bond acceptors (Lipinski definition) is 3. The first-order chi connectivity index (χ1) is 8.77. The van der Waals surface area contributed by atoms with Gasteiger partial charge in [-0.15, -0.1) is 11.3 Å². The molecule has 1 aliphatic heterocycles. The zero-order chi connectivity index (χ0) is 12.5. The summed E-state index contributed by atoms with van der Waals surface area (Å²) < 4.78 is 0. The highest BCUT2D eigenvalue weighted by molar-refractivity contribution is 7.10. The number of carbonyl (C=O) groups excluding carboxylic acids is 2. The molecule has 0 radical (unpaired) electrons. The zero-order valence-corrected chi connectivity index (χ0v) is 10.2. The van der Waals surface area contributed by atoms with E-state index in [4.69, 9.17) is 0 Å². The molecule has 0 saturated heterocycles. The van der Waals surface area contributed by atoms with E-state index in [0.717, 1.165) is 9.78 Å². The van der Waals surface area contributed by atoms with E-state index in [2.05, 4.69) is 0 Å². The Hall–Kier alpha value is -2.20. The van der Waals surface area contributed by atoms with Gasteiger partial charge in [-0.05, 0) is 29.7 Å². The van der Waals surface area contributed by atoms with Crippen molar-refractivity contribution in [1.82, 2.24) is 4.90 Å². The Labute approximate surface area is 108 Å². The summed E-state index contributed by atoms with van der Waals surface area (Å²) in [6.07, 6.45) is 3.31. The monoisotopic (exact) mass is 255 g/mol. The van der Waals surface area contributed by atoms with Crippen LogP contribution in [0.4, 0.5) is 0 Å². The van der Waals surface area contributed by atoms with Gasteiger partial charge in [-0.2, -0.15) is 0 Å². The first-order valence-electron chi connectivity index (χ1n) is 5.46. The van der Waals surface area contributed by atoms with Gasteiger partial charge in [-0.25, -0.2) is 4.90 Å². The molecule has 0 fully saturated rings. The van der Waals surface area contributed by atoms with Crippen molar-refractivity contribution in [1.29, 1.82) is 0 Å². The Morgan fingerprint density at radius 3 is 2.17 bits per heavy atom. The first kappa shape index (κ1) is 10.9. The van der Waals surface area contributed by atoms with Crippen LogP contribution in [0.2, 0.25) is 0 Å². The summed E-state index contributed by atoms with van der Waals surface area (Å²) >= 11 is 1.56. The molecule has 0 unspecified atom stereocenters. The van der Waals surface area contributed by atoms with Crippen molar-refractivity contribution < 1.29 is 9.59 Å². The van der Waals surface area contributed by atoms with Gasteiger partial charge in [0.05, 0.1) is 11.1 Å². The molecule has 1 aliphatic rings. The maximum atomic E-state index is 12.0. The van der Waals surface area contributed by atoms with Crippen molar-refractivity contribution in [2.75, 3.05) is 0 Å². The predicted octanol–water partition coefficient (Wildman–Crippen LogP) is 3.02. The fourth-order valence-electron chi connectivity index (χ4n) is 1.88. The van der Waals surface area contributed by atoms with Crippen LogP contribution in [0.1, 0.15) is 25.6 Å². The molecular formula is C14H9NO2S. The van der Waals surface area contributed by atoms with Crippen molar-refractivity contribution in [2.24, 2.45) is 0 Å². The molecule has 2 aromatic rings. The number of benzene rings is 1. The third-order valence-corrected chi connectivity index (χ3v) is 3.59. The Morgan fingerprint density at radius 1 is 0.944 bits per heavy atom. The molecule has 0 N–H and O–H groups in total. The summed E-state index contributed by atoms with van der Waals surface area (Å²) in [6, 6.07) is 10.7. The molecule has 4 heteroatoms. The van der Waals surface area contributed by atoms with Crippen LogP contribution < -0.4 is 0 Å². The molecule has 3 nitrogen and oxygen atoms in total. The molecule has 0 spiro atoms. The molecular weight excluding hydrogens is 246 g/mol. The maximum absolute atomic E-state index is 12.0. The van der Waals surface area contributed by atoms with Gasteiger partial charge in [0, 0.05) is 11.1 Å². The highest BCUT2D eigenvalue weighted by atomic mass is 32.1. The summed E-state index contributed by atoms with van der Waals surface area (Å²) in [5.41, 5.74) is 0.941. The number of carbonyl (C=O) groups is 2. The van der Waals surface area contributed by atoms with E-state index in [1.165, 1.54) is 6.20 Å². The van der Waals surface area contributed by atoms with Crippen LogP contribution in [0.5, 0.6) is 0 Å². The third kappa shape index (κ3) is 1.67. The van der Waals surface area contributed by atoms with Crippen LogP contribution in [0.15, 0.2) is 48.0 Å². The zero-order valence-electron chi connectivity index (χ0n) is 9.37. The molecule has 88 valence electrons. The van der Waals surface area contributed by atoms with E-state index in [9.17, 15) is 9.59 Å². The number of fused-ring (bicyclic) bond motifs is 1. The number of hydrogen-bond donors (Lipinski definition) is 0. The number of thiophene rings is 1. The van der Waals surface area contributed by atoms with E-state index < -0.39 is 0 Å². The highest BCUT2D eigenvalue weighted by Gasteiger charge is 2.33. The van der Waals surface area contributed by atoms with Crippen molar-refractivity contribution in [3.05, 3.63) is 64.0 Å². The summed E-state index contributed by atoms with van der Waals surface area (Å²) in [5, 5.41) is 1.95. The molecule has 0 atom stereocenters. The van der Waals surface area contributed by atoms with Crippen molar-refractivity contribution in [3.8, 4) is 0 Å². The number of rotatable bonds is 2. The summed E-state index contributed by atoms with van der Waals surface area (Å²) in [6.45, 7) is 0. The first-order valence-corrected chi connectivity index (χ1v) is 6.34. The molecule has 3 rings (SSSR count). The molecule has 1 aromatic heterocycles. The van der Waals surface area contributed by atoms with E-state index in [0.29, 0.717) is 11.1 Å². The topological polar surface area (TPSA) is 37.4 Å². The minimum atomic E-state index is -0.261. The molecule has 0 saturated carbocycles. The molecule has 18 heavy (non-hydrogen) atoms. The second-order valence-electron chi connectivity index (χ2n) is 3.86. The molecule has 0 aliphatic carbocycles. The van der Waals surface area contributed by atoms with Gasteiger partial charge in [0.2, 0.25) is 0 Å². The van der Waals surface area contributed by atoms with Crippen LogP contribution in [0.3, 0.4) is 0 Å². The van der Waals surface area contributed by atoms with Crippen LogP contribution in [-0.2, 0) is 0 Å². The maximum Gasteiger partial charge on any atom is 0.265 e.